The van der Waals surface area contributed by atoms with Crippen LogP contribution in [-0.4, -0.2) is 6.54 Å². The molecule has 0 atom stereocenters. The molecule has 0 aliphatic carbocycles. The van der Waals surface area contributed by atoms with Crippen molar-refractivity contribution in [3.8, 4) is 0 Å². The first-order valence-electron chi connectivity index (χ1n) is 11.5. The van der Waals surface area contributed by atoms with Gasteiger partial charge in [0, 0.05) is 13.1 Å². The van der Waals surface area contributed by atoms with Crippen LogP contribution in [0.3, 0.4) is 0 Å². The zero-order valence-corrected chi connectivity index (χ0v) is 21.1. The number of hydrogen-bond acceptors (Lipinski definition) is 1. The normalized spacial score (nSPS) is 11.4. The Morgan fingerprint density at radius 1 is 0.833 bits per heavy atom. The second-order valence-corrected chi connectivity index (χ2v) is 5.35. The van der Waals surface area contributed by atoms with Crippen LogP contribution < -0.4 is 5.32 Å². The van der Waals surface area contributed by atoms with Crippen LogP contribution in [0.25, 0.3) is 5.57 Å². The zero-order chi connectivity index (χ0) is 23.6. The van der Waals surface area contributed by atoms with Gasteiger partial charge < -0.3 is 5.32 Å². The molecule has 0 saturated carbocycles. The van der Waals surface area contributed by atoms with Crippen molar-refractivity contribution >= 4 is 5.57 Å². The van der Waals surface area contributed by atoms with Gasteiger partial charge in [0.05, 0.1) is 0 Å². The molecular formula is C29H47N. The van der Waals surface area contributed by atoms with Gasteiger partial charge in [-0.2, -0.15) is 0 Å². The van der Waals surface area contributed by atoms with E-state index in [1.807, 2.05) is 60.6 Å². The highest BCUT2D eigenvalue weighted by molar-refractivity contribution is 5.76. The number of hydrogen-bond donors (Lipinski definition) is 1. The molecule has 1 heteroatoms. The average molecular weight is 410 g/mol. The van der Waals surface area contributed by atoms with Gasteiger partial charge >= 0.3 is 0 Å². The lowest BCUT2D eigenvalue weighted by Crippen LogP contribution is -2.16. The fourth-order valence-electron chi connectivity index (χ4n) is 2.36. The van der Waals surface area contributed by atoms with Gasteiger partial charge in [-0.25, -0.2) is 0 Å². The van der Waals surface area contributed by atoms with E-state index in [0.717, 1.165) is 13.1 Å². The van der Waals surface area contributed by atoms with Crippen LogP contribution in [-0.2, 0) is 6.54 Å². The minimum absolute atomic E-state index is 0.838. The lowest BCUT2D eigenvalue weighted by molar-refractivity contribution is 0.745. The van der Waals surface area contributed by atoms with Gasteiger partial charge in [0.25, 0.3) is 0 Å². The van der Waals surface area contributed by atoms with Crippen LogP contribution in [0.5, 0.6) is 0 Å². The van der Waals surface area contributed by atoms with E-state index in [1.165, 1.54) is 22.3 Å². The summed E-state index contributed by atoms with van der Waals surface area (Å²) in [6.07, 6.45) is 18.5. The van der Waals surface area contributed by atoms with E-state index in [0.29, 0.717) is 0 Å². The smallest absolute Gasteiger partial charge is 0.0214 e. The van der Waals surface area contributed by atoms with Gasteiger partial charge in [-0.1, -0.05) is 127 Å². The first-order valence-corrected chi connectivity index (χ1v) is 11.5. The molecule has 0 unspecified atom stereocenters. The third kappa shape index (κ3) is 15.5. The van der Waals surface area contributed by atoms with Crippen LogP contribution in [0.15, 0.2) is 91.1 Å². The van der Waals surface area contributed by atoms with Gasteiger partial charge in [0.2, 0.25) is 0 Å². The molecule has 0 aromatic heterocycles. The van der Waals surface area contributed by atoms with Crippen LogP contribution in [0.4, 0.5) is 0 Å². The summed E-state index contributed by atoms with van der Waals surface area (Å²) in [6.45, 7) is 23.6. The predicted octanol–water partition coefficient (Wildman–Crippen LogP) is 9.08. The van der Waals surface area contributed by atoms with Crippen molar-refractivity contribution in [1.29, 1.82) is 0 Å². The van der Waals surface area contributed by atoms with Crippen molar-refractivity contribution in [1.82, 2.24) is 5.32 Å². The Labute approximate surface area is 188 Å². The van der Waals surface area contributed by atoms with Crippen molar-refractivity contribution in [3.63, 3.8) is 0 Å². The van der Waals surface area contributed by atoms with Gasteiger partial charge in [-0.15, -0.1) is 0 Å². The minimum Gasteiger partial charge on any atom is -0.309 e. The Balaban J connectivity index is -0.00000111. The van der Waals surface area contributed by atoms with E-state index in [2.05, 4.69) is 86.5 Å². The van der Waals surface area contributed by atoms with Crippen LogP contribution >= 0.6 is 0 Å². The largest absolute Gasteiger partial charge is 0.309 e. The molecule has 1 nitrogen and oxygen atoms in total. The second-order valence-electron chi connectivity index (χ2n) is 5.35. The molecule has 1 rings (SSSR count). The third-order valence-corrected chi connectivity index (χ3v) is 3.68. The summed E-state index contributed by atoms with van der Waals surface area (Å²) < 4.78 is 0. The van der Waals surface area contributed by atoms with Gasteiger partial charge in [0.1, 0.15) is 0 Å². The zero-order valence-electron chi connectivity index (χ0n) is 21.1. The molecule has 0 radical (unpaired) electrons. The van der Waals surface area contributed by atoms with Crippen molar-refractivity contribution < 1.29 is 0 Å². The molecule has 0 saturated heterocycles. The maximum atomic E-state index is 3.71. The fourth-order valence-corrected chi connectivity index (χ4v) is 2.36. The lowest BCUT2D eigenvalue weighted by atomic mass is 9.98. The van der Waals surface area contributed by atoms with Crippen molar-refractivity contribution in [2.24, 2.45) is 0 Å². The summed E-state index contributed by atoms with van der Waals surface area (Å²) in [5.41, 5.74) is 5.07. The molecule has 0 bridgehead atoms. The maximum absolute atomic E-state index is 3.71. The molecule has 0 spiro atoms. The molecule has 0 aliphatic rings. The molecule has 1 N–H and O–H groups in total. The van der Waals surface area contributed by atoms with Crippen LogP contribution in [0.2, 0.25) is 0 Å². The topological polar surface area (TPSA) is 12.0 Å². The predicted molar refractivity (Wildman–Crippen MR) is 143 cm³/mol. The molecule has 30 heavy (non-hydrogen) atoms. The minimum atomic E-state index is 0.838. The molecular weight excluding hydrogens is 362 g/mol. The number of rotatable bonds is 9. The first-order chi connectivity index (χ1) is 14.8. The van der Waals surface area contributed by atoms with Crippen molar-refractivity contribution in [2.45, 2.75) is 68.9 Å². The monoisotopic (exact) mass is 409 g/mol. The molecule has 0 amide bonds. The molecule has 168 valence electrons. The van der Waals surface area contributed by atoms with Gasteiger partial charge in [-0.05, 0) is 43.0 Å². The Bertz CT molecular complexity index is 655. The highest BCUT2D eigenvalue weighted by Crippen LogP contribution is 2.20. The summed E-state index contributed by atoms with van der Waals surface area (Å²) in [6, 6.07) is 8.55. The fraction of sp³-hybridized carbons (Fsp3) is 0.379. The third-order valence-electron chi connectivity index (χ3n) is 3.68. The molecule has 0 heterocycles. The molecule has 1 aromatic carbocycles. The van der Waals surface area contributed by atoms with Crippen molar-refractivity contribution in [2.75, 3.05) is 6.54 Å². The summed E-state index contributed by atoms with van der Waals surface area (Å²) in [5.74, 6) is 0. The molecule has 0 fully saturated rings. The number of nitrogens with one attached hydrogen (secondary N) is 1. The standard InChI is InChI=1S/C23H29N.3C2H6/c1-5-9-11-15-21(8-4)23-17-13-12-16-22(23)19-24-18-20(7-3)14-10-6-2;3*1-2/h5-17,24H,2,18-19H2,1,3-4H3;3*1-2H3/b9-5-,14-10-,15-11-,20-7+,21-8+;;;. The van der Waals surface area contributed by atoms with Gasteiger partial charge in [-0.3, -0.25) is 0 Å². The highest BCUT2D eigenvalue weighted by Gasteiger charge is 2.04. The van der Waals surface area contributed by atoms with Gasteiger partial charge in [0.15, 0.2) is 0 Å². The van der Waals surface area contributed by atoms with E-state index < -0.39 is 0 Å². The highest BCUT2D eigenvalue weighted by atomic mass is 14.8. The molecule has 0 aliphatic heterocycles. The summed E-state index contributed by atoms with van der Waals surface area (Å²) in [4.78, 5) is 0. The van der Waals surface area contributed by atoms with E-state index in [4.69, 9.17) is 0 Å². The second kappa shape index (κ2) is 26.6. The summed E-state index contributed by atoms with van der Waals surface area (Å²) in [5, 5.41) is 3.53. The Morgan fingerprint density at radius 3 is 2.00 bits per heavy atom. The average Bonchev–Trinajstić information content (AvgIpc) is 2.83. The van der Waals surface area contributed by atoms with Crippen molar-refractivity contribution in [3.05, 3.63) is 102 Å². The van der Waals surface area contributed by atoms with E-state index in [-0.39, 0.29) is 0 Å². The quantitative estimate of drug-likeness (QED) is 0.401. The SMILES string of the molecule is C=C/C=C\C(=C/C)CNCc1ccccc1C(/C=C\C=C/C)=C/C.CC.CC.CC. The van der Waals surface area contributed by atoms with Crippen LogP contribution in [0, 0.1) is 0 Å². The van der Waals surface area contributed by atoms with E-state index >= 15 is 0 Å². The Morgan fingerprint density at radius 2 is 1.47 bits per heavy atom. The Kier molecular flexibility index (Phi) is 28.7. The first kappa shape index (κ1) is 32.3. The summed E-state index contributed by atoms with van der Waals surface area (Å²) >= 11 is 0. The number of benzene rings is 1. The maximum Gasteiger partial charge on any atom is 0.0214 e. The molecule has 1 aromatic rings. The lowest BCUT2D eigenvalue weighted by Gasteiger charge is -2.12. The Hall–Kier alpha value is -2.38. The number of allylic oxidation sites excluding steroid dienone is 9. The summed E-state index contributed by atoms with van der Waals surface area (Å²) in [7, 11) is 0. The van der Waals surface area contributed by atoms with E-state index in [9.17, 15) is 0 Å². The van der Waals surface area contributed by atoms with Crippen LogP contribution in [0.1, 0.15) is 73.4 Å². The van der Waals surface area contributed by atoms with E-state index in [1.54, 1.807) is 6.08 Å².